The molecule has 0 aliphatic rings. The van der Waals surface area contributed by atoms with Crippen molar-refractivity contribution >= 4 is 12.3 Å². The number of aldehydes is 1. The Kier molecular flexibility index (Phi) is 5.14. The van der Waals surface area contributed by atoms with Crippen LogP contribution in [0.5, 0.6) is 0 Å². The first-order chi connectivity index (χ1) is 6.47. The maximum absolute atomic E-state index is 13.0. The number of hydrogen-bond donors (Lipinski definition) is 1. The number of aliphatic carboxylic acids is 1. The summed E-state index contributed by atoms with van der Waals surface area (Å²) in [4.78, 5) is 20.3. The fraction of sp³-hybridized carbons (Fsp3) is 0.200. The number of allylic oxidation sites excluding steroid dienone is 5. The second kappa shape index (κ2) is 5.85. The molecule has 76 valence electrons. The molecule has 0 heterocycles. The molecule has 1 N–H and O–H groups in total. The Morgan fingerprint density at radius 3 is 2.29 bits per heavy atom. The lowest BCUT2D eigenvalue weighted by molar-refractivity contribution is -0.131. The van der Waals surface area contributed by atoms with Crippen molar-refractivity contribution < 1.29 is 19.1 Å². The summed E-state index contributed by atoms with van der Waals surface area (Å²) in [5, 5.41) is 8.31. The zero-order chi connectivity index (χ0) is 11.1. The summed E-state index contributed by atoms with van der Waals surface area (Å²) in [5.74, 6) is -1.88. The predicted octanol–water partition coefficient (Wildman–Crippen LogP) is 2.02. The summed E-state index contributed by atoms with van der Waals surface area (Å²) in [6.07, 6.45) is 3.68. The van der Waals surface area contributed by atoms with Crippen molar-refractivity contribution in [2.45, 2.75) is 13.8 Å². The van der Waals surface area contributed by atoms with Crippen LogP contribution in [0.2, 0.25) is 0 Å². The number of carboxylic acid groups (broad SMARTS) is 1. The number of hydrogen-bond acceptors (Lipinski definition) is 2. The van der Waals surface area contributed by atoms with Crippen molar-refractivity contribution in [3.63, 3.8) is 0 Å². The molecule has 14 heavy (non-hydrogen) atoms. The number of halogens is 1. The van der Waals surface area contributed by atoms with Gasteiger partial charge in [0, 0.05) is 6.08 Å². The van der Waals surface area contributed by atoms with E-state index in [-0.39, 0.29) is 5.57 Å². The SMILES string of the molecule is CC(C=O)=CC=C(F)C(C)=CC(=O)O. The smallest absolute Gasteiger partial charge is 0.328 e. The van der Waals surface area contributed by atoms with Crippen LogP contribution in [-0.2, 0) is 9.59 Å². The highest BCUT2D eigenvalue weighted by atomic mass is 19.1. The van der Waals surface area contributed by atoms with E-state index in [0.717, 1.165) is 12.2 Å². The minimum absolute atomic E-state index is 0.00690. The second-order valence-electron chi connectivity index (χ2n) is 2.71. The average Bonchev–Trinajstić information content (AvgIpc) is 2.12. The zero-order valence-electron chi connectivity index (χ0n) is 7.95. The lowest BCUT2D eigenvalue weighted by Gasteiger charge is -1.93. The summed E-state index contributed by atoms with van der Waals surface area (Å²) in [7, 11) is 0. The highest BCUT2D eigenvalue weighted by Crippen LogP contribution is 2.10. The van der Waals surface area contributed by atoms with E-state index in [1.807, 2.05) is 0 Å². The van der Waals surface area contributed by atoms with Crippen molar-refractivity contribution in [3.8, 4) is 0 Å². The van der Waals surface area contributed by atoms with Crippen LogP contribution < -0.4 is 0 Å². The molecule has 0 aromatic rings. The standard InChI is InChI=1S/C10H11FO3/c1-7(6-12)3-4-9(11)8(2)5-10(13)14/h3-6H,1-2H3,(H,13,14). The molecule has 0 spiro atoms. The highest BCUT2D eigenvalue weighted by Gasteiger charge is 1.99. The summed E-state index contributed by atoms with van der Waals surface area (Å²) in [6, 6.07) is 0. The molecule has 0 aliphatic heterocycles. The molecule has 0 fully saturated rings. The van der Waals surface area contributed by atoms with Crippen molar-refractivity contribution in [2.24, 2.45) is 0 Å². The Morgan fingerprint density at radius 2 is 1.86 bits per heavy atom. The molecule has 4 heteroatoms. The molecule has 0 saturated heterocycles. The van der Waals surface area contributed by atoms with Crippen molar-refractivity contribution in [1.29, 1.82) is 0 Å². The van der Waals surface area contributed by atoms with Gasteiger partial charge < -0.3 is 5.11 Å². The van der Waals surface area contributed by atoms with Gasteiger partial charge in [-0.1, -0.05) is 6.08 Å². The third kappa shape index (κ3) is 5.03. The van der Waals surface area contributed by atoms with E-state index < -0.39 is 11.8 Å². The summed E-state index contributed by atoms with van der Waals surface area (Å²) >= 11 is 0. The van der Waals surface area contributed by atoms with Gasteiger partial charge in [-0.3, -0.25) is 4.79 Å². The molecule has 0 saturated carbocycles. The monoisotopic (exact) mass is 198 g/mol. The maximum atomic E-state index is 13.0. The van der Waals surface area contributed by atoms with Crippen molar-refractivity contribution in [2.75, 3.05) is 0 Å². The van der Waals surface area contributed by atoms with Crippen molar-refractivity contribution in [1.82, 2.24) is 0 Å². The van der Waals surface area contributed by atoms with Gasteiger partial charge in [0.05, 0.1) is 0 Å². The van der Waals surface area contributed by atoms with Gasteiger partial charge in [-0.25, -0.2) is 9.18 Å². The molecular formula is C10H11FO3. The molecule has 3 nitrogen and oxygen atoms in total. The van der Waals surface area contributed by atoms with E-state index in [4.69, 9.17) is 5.11 Å². The molecule has 0 aromatic carbocycles. The Hall–Kier alpha value is -1.71. The fourth-order valence-electron chi connectivity index (χ4n) is 0.629. The number of rotatable bonds is 4. The van der Waals surface area contributed by atoms with Crippen LogP contribution in [0, 0.1) is 0 Å². The van der Waals surface area contributed by atoms with Crippen LogP contribution in [0.15, 0.2) is 35.2 Å². The van der Waals surface area contributed by atoms with Gasteiger partial charge in [-0.2, -0.15) is 0 Å². The Labute approximate surface area is 81.2 Å². The van der Waals surface area contributed by atoms with Gasteiger partial charge in [0.2, 0.25) is 0 Å². The predicted molar refractivity (Wildman–Crippen MR) is 50.4 cm³/mol. The molecule has 0 atom stereocenters. The number of carbonyl (C=O) groups is 2. The van der Waals surface area contributed by atoms with Crippen LogP contribution in [0.1, 0.15) is 13.8 Å². The summed E-state index contributed by atoms with van der Waals surface area (Å²) < 4.78 is 13.0. The largest absolute Gasteiger partial charge is 0.478 e. The molecule has 0 bridgehead atoms. The zero-order valence-corrected chi connectivity index (χ0v) is 7.95. The normalized spacial score (nSPS) is 14.1. The topological polar surface area (TPSA) is 54.4 Å². The molecule has 0 radical (unpaired) electrons. The molecule has 0 aromatic heterocycles. The van der Waals surface area contributed by atoms with E-state index >= 15 is 0 Å². The number of carboxylic acids is 1. The maximum Gasteiger partial charge on any atom is 0.328 e. The van der Waals surface area contributed by atoms with Gasteiger partial charge in [-0.15, -0.1) is 0 Å². The Balaban J connectivity index is 4.70. The Morgan fingerprint density at radius 1 is 1.29 bits per heavy atom. The van der Waals surface area contributed by atoms with Gasteiger partial charge in [0.15, 0.2) is 0 Å². The highest BCUT2D eigenvalue weighted by molar-refractivity contribution is 5.81. The van der Waals surface area contributed by atoms with Crippen molar-refractivity contribution in [3.05, 3.63) is 35.2 Å². The molecule has 0 amide bonds. The third-order valence-electron chi connectivity index (χ3n) is 1.40. The first-order valence-electron chi connectivity index (χ1n) is 3.88. The van der Waals surface area contributed by atoms with Crippen LogP contribution in [0.25, 0.3) is 0 Å². The summed E-state index contributed by atoms with van der Waals surface area (Å²) in [6.45, 7) is 2.86. The van der Waals surface area contributed by atoms with E-state index in [0.29, 0.717) is 11.9 Å². The lowest BCUT2D eigenvalue weighted by atomic mass is 10.2. The minimum atomic E-state index is -1.21. The lowest BCUT2D eigenvalue weighted by Crippen LogP contribution is -1.90. The molecular weight excluding hydrogens is 187 g/mol. The average molecular weight is 198 g/mol. The first-order valence-corrected chi connectivity index (χ1v) is 3.88. The second-order valence-corrected chi connectivity index (χ2v) is 2.71. The van der Waals surface area contributed by atoms with Gasteiger partial charge in [0.25, 0.3) is 0 Å². The van der Waals surface area contributed by atoms with Gasteiger partial charge >= 0.3 is 5.97 Å². The first kappa shape index (κ1) is 12.3. The van der Waals surface area contributed by atoms with E-state index in [1.54, 1.807) is 0 Å². The van der Waals surface area contributed by atoms with Crippen LogP contribution in [0.4, 0.5) is 4.39 Å². The minimum Gasteiger partial charge on any atom is -0.478 e. The van der Waals surface area contributed by atoms with Crippen LogP contribution >= 0.6 is 0 Å². The van der Waals surface area contributed by atoms with Gasteiger partial charge in [0.1, 0.15) is 12.1 Å². The fourth-order valence-corrected chi connectivity index (χ4v) is 0.629. The molecule has 0 unspecified atom stereocenters. The quantitative estimate of drug-likeness (QED) is 0.427. The van der Waals surface area contributed by atoms with E-state index in [2.05, 4.69) is 0 Å². The van der Waals surface area contributed by atoms with E-state index in [1.165, 1.54) is 19.9 Å². The summed E-state index contributed by atoms with van der Waals surface area (Å²) in [5.41, 5.74) is 0.371. The number of carbonyl (C=O) groups excluding carboxylic acids is 1. The van der Waals surface area contributed by atoms with Crippen LogP contribution in [0.3, 0.4) is 0 Å². The van der Waals surface area contributed by atoms with E-state index in [9.17, 15) is 14.0 Å². The molecule has 0 rings (SSSR count). The Bertz CT molecular complexity index is 324. The van der Waals surface area contributed by atoms with Crippen LogP contribution in [-0.4, -0.2) is 17.4 Å². The van der Waals surface area contributed by atoms with Gasteiger partial charge in [-0.05, 0) is 31.1 Å². The molecule has 0 aliphatic carbocycles. The third-order valence-corrected chi connectivity index (χ3v) is 1.40.